The number of aryl methyl sites for hydroxylation is 2. The molecule has 0 aliphatic heterocycles. The molecule has 1 heterocycles. The summed E-state index contributed by atoms with van der Waals surface area (Å²) < 4.78 is 6.62. The van der Waals surface area contributed by atoms with E-state index in [4.69, 9.17) is 4.74 Å². The first kappa shape index (κ1) is 8.55. The van der Waals surface area contributed by atoms with E-state index in [-0.39, 0.29) is 0 Å². The van der Waals surface area contributed by atoms with Crippen molar-refractivity contribution in [3.8, 4) is 0 Å². The van der Waals surface area contributed by atoms with Crippen LogP contribution in [0.25, 0.3) is 0 Å². The zero-order valence-corrected chi connectivity index (χ0v) is 7.68. The van der Waals surface area contributed by atoms with Crippen molar-refractivity contribution in [1.82, 2.24) is 14.8 Å². The molecule has 1 rings (SSSR count). The van der Waals surface area contributed by atoms with E-state index in [0.29, 0.717) is 5.94 Å². The molecule has 62 valence electrons. The number of aromatic nitrogens is 3. The highest BCUT2D eigenvalue weighted by Crippen LogP contribution is 2.11. The van der Waals surface area contributed by atoms with E-state index in [2.05, 4.69) is 10.1 Å². The SMILES string of the molecule is COCSc1nc(C)n(C)n1. The third-order valence-corrected chi connectivity index (χ3v) is 2.05. The predicted molar refractivity (Wildman–Crippen MR) is 43.5 cm³/mol. The molecular formula is C6H11N3OS. The topological polar surface area (TPSA) is 39.9 Å². The Morgan fingerprint density at radius 3 is 2.82 bits per heavy atom. The number of methoxy groups -OCH3 is 1. The van der Waals surface area contributed by atoms with E-state index in [9.17, 15) is 0 Å². The molecule has 0 fully saturated rings. The average Bonchev–Trinajstić information content (AvgIpc) is 2.28. The van der Waals surface area contributed by atoms with E-state index in [1.807, 2.05) is 14.0 Å². The molecule has 0 bridgehead atoms. The summed E-state index contributed by atoms with van der Waals surface area (Å²) in [4.78, 5) is 4.18. The number of nitrogens with zero attached hydrogens (tertiary/aromatic N) is 3. The van der Waals surface area contributed by atoms with E-state index in [0.717, 1.165) is 11.0 Å². The van der Waals surface area contributed by atoms with Crippen molar-refractivity contribution >= 4 is 11.8 Å². The first-order chi connectivity index (χ1) is 5.24. The summed E-state index contributed by atoms with van der Waals surface area (Å²) in [5.74, 6) is 1.52. The predicted octanol–water partition coefficient (Wildman–Crippen LogP) is 0.820. The zero-order valence-electron chi connectivity index (χ0n) is 6.87. The van der Waals surface area contributed by atoms with Gasteiger partial charge in [-0.25, -0.2) is 4.98 Å². The monoisotopic (exact) mass is 173 g/mol. The van der Waals surface area contributed by atoms with Crippen LogP contribution in [0.4, 0.5) is 0 Å². The van der Waals surface area contributed by atoms with Crippen LogP contribution in [0.2, 0.25) is 0 Å². The van der Waals surface area contributed by atoms with Crippen molar-refractivity contribution in [3.05, 3.63) is 5.82 Å². The molecule has 11 heavy (non-hydrogen) atoms. The molecule has 1 aromatic rings. The van der Waals surface area contributed by atoms with Crippen molar-refractivity contribution in [2.24, 2.45) is 7.05 Å². The molecule has 0 unspecified atom stereocenters. The van der Waals surface area contributed by atoms with Crippen LogP contribution < -0.4 is 0 Å². The second kappa shape index (κ2) is 3.73. The Kier molecular flexibility index (Phi) is 2.90. The molecule has 0 spiro atoms. The van der Waals surface area contributed by atoms with Crippen LogP contribution in [-0.2, 0) is 11.8 Å². The van der Waals surface area contributed by atoms with Gasteiger partial charge in [0.1, 0.15) is 5.82 Å². The van der Waals surface area contributed by atoms with Gasteiger partial charge in [0, 0.05) is 14.2 Å². The van der Waals surface area contributed by atoms with Crippen LogP contribution in [0.3, 0.4) is 0 Å². The fraction of sp³-hybridized carbons (Fsp3) is 0.667. The Hall–Kier alpha value is -0.550. The van der Waals surface area contributed by atoms with Crippen molar-refractivity contribution in [3.63, 3.8) is 0 Å². The number of thioether (sulfide) groups is 1. The summed E-state index contributed by atoms with van der Waals surface area (Å²) >= 11 is 1.49. The molecule has 0 N–H and O–H groups in total. The minimum atomic E-state index is 0.601. The molecule has 0 aliphatic carbocycles. The van der Waals surface area contributed by atoms with Crippen molar-refractivity contribution in [2.45, 2.75) is 12.1 Å². The summed E-state index contributed by atoms with van der Waals surface area (Å²) in [6.07, 6.45) is 0. The molecule has 0 radical (unpaired) electrons. The molecule has 0 amide bonds. The molecule has 0 saturated carbocycles. The molecule has 4 nitrogen and oxygen atoms in total. The second-order valence-electron chi connectivity index (χ2n) is 2.12. The Morgan fingerprint density at radius 2 is 2.36 bits per heavy atom. The lowest BCUT2D eigenvalue weighted by Gasteiger charge is -1.90. The largest absolute Gasteiger partial charge is 0.374 e. The molecule has 0 aromatic carbocycles. The van der Waals surface area contributed by atoms with Crippen molar-refractivity contribution in [2.75, 3.05) is 13.0 Å². The first-order valence-corrected chi connectivity index (χ1v) is 4.22. The van der Waals surface area contributed by atoms with Crippen LogP contribution in [0.1, 0.15) is 5.82 Å². The normalized spacial score (nSPS) is 10.5. The molecular weight excluding hydrogens is 162 g/mol. The Morgan fingerprint density at radius 1 is 1.64 bits per heavy atom. The van der Waals surface area contributed by atoms with Gasteiger partial charge < -0.3 is 4.74 Å². The van der Waals surface area contributed by atoms with Gasteiger partial charge >= 0.3 is 0 Å². The van der Waals surface area contributed by atoms with Crippen molar-refractivity contribution in [1.29, 1.82) is 0 Å². The highest BCUT2D eigenvalue weighted by Gasteiger charge is 2.01. The number of hydrogen-bond donors (Lipinski definition) is 0. The summed E-state index contributed by atoms with van der Waals surface area (Å²) in [5.41, 5.74) is 0. The molecule has 0 atom stereocenters. The summed E-state index contributed by atoms with van der Waals surface area (Å²) in [6.45, 7) is 1.92. The lowest BCUT2D eigenvalue weighted by atomic mass is 10.7. The minimum Gasteiger partial charge on any atom is -0.374 e. The van der Waals surface area contributed by atoms with E-state index < -0.39 is 0 Å². The molecule has 0 saturated heterocycles. The zero-order chi connectivity index (χ0) is 8.27. The number of hydrogen-bond acceptors (Lipinski definition) is 4. The quantitative estimate of drug-likeness (QED) is 0.501. The Bertz CT molecular complexity index is 216. The Labute approximate surface area is 70.0 Å². The third kappa shape index (κ3) is 2.20. The maximum absolute atomic E-state index is 4.87. The van der Waals surface area contributed by atoms with Crippen LogP contribution in [-0.4, -0.2) is 27.8 Å². The van der Waals surface area contributed by atoms with Crippen LogP contribution in [0.5, 0.6) is 0 Å². The standard InChI is InChI=1S/C6H11N3OS/c1-5-7-6(8-9(5)2)11-4-10-3/h4H2,1-3H3. The van der Waals surface area contributed by atoms with Gasteiger partial charge in [0.05, 0.1) is 5.94 Å². The van der Waals surface area contributed by atoms with E-state index >= 15 is 0 Å². The summed E-state index contributed by atoms with van der Waals surface area (Å²) in [6, 6.07) is 0. The lowest BCUT2D eigenvalue weighted by molar-refractivity contribution is 0.258. The van der Waals surface area contributed by atoms with Gasteiger partial charge in [-0.2, -0.15) is 0 Å². The highest BCUT2D eigenvalue weighted by atomic mass is 32.2. The van der Waals surface area contributed by atoms with Gasteiger partial charge in [-0.1, -0.05) is 11.8 Å². The van der Waals surface area contributed by atoms with Gasteiger partial charge in [0.15, 0.2) is 0 Å². The summed E-state index contributed by atoms with van der Waals surface area (Å²) in [7, 11) is 3.53. The number of ether oxygens (including phenoxy) is 1. The molecule has 0 aliphatic rings. The first-order valence-electron chi connectivity index (χ1n) is 3.23. The molecule has 1 aromatic heterocycles. The molecule has 5 heteroatoms. The van der Waals surface area contributed by atoms with Crippen LogP contribution >= 0.6 is 11.8 Å². The van der Waals surface area contributed by atoms with Crippen LogP contribution in [0, 0.1) is 6.92 Å². The maximum Gasteiger partial charge on any atom is 0.210 e. The van der Waals surface area contributed by atoms with Gasteiger partial charge in [0.25, 0.3) is 0 Å². The summed E-state index contributed by atoms with van der Waals surface area (Å²) in [5, 5.41) is 4.91. The number of rotatable bonds is 3. The van der Waals surface area contributed by atoms with Gasteiger partial charge in [0.2, 0.25) is 5.16 Å². The van der Waals surface area contributed by atoms with Gasteiger partial charge in [-0.3, -0.25) is 4.68 Å². The lowest BCUT2D eigenvalue weighted by Crippen LogP contribution is -1.92. The highest BCUT2D eigenvalue weighted by molar-refractivity contribution is 7.99. The fourth-order valence-electron chi connectivity index (χ4n) is 0.607. The fourth-order valence-corrected chi connectivity index (χ4v) is 1.21. The maximum atomic E-state index is 4.87. The smallest absolute Gasteiger partial charge is 0.210 e. The van der Waals surface area contributed by atoms with Gasteiger partial charge in [-0.05, 0) is 6.92 Å². The van der Waals surface area contributed by atoms with Crippen molar-refractivity contribution < 1.29 is 4.74 Å². The van der Waals surface area contributed by atoms with Crippen LogP contribution in [0.15, 0.2) is 5.16 Å². The minimum absolute atomic E-state index is 0.601. The van der Waals surface area contributed by atoms with Gasteiger partial charge in [-0.15, -0.1) is 5.10 Å². The Balaban J connectivity index is 2.58. The van der Waals surface area contributed by atoms with E-state index in [1.165, 1.54) is 11.8 Å². The van der Waals surface area contributed by atoms with E-state index in [1.54, 1.807) is 11.8 Å². The second-order valence-corrected chi connectivity index (χ2v) is 3.01. The average molecular weight is 173 g/mol. The third-order valence-electron chi connectivity index (χ3n) is 1.27.